The fraction of sp³-hybridized carbons (Fsp3) is 0.792. The molecule has 2 unspecified atom stereocenters. The number of likely N-dealkylation sites (tertiary alicyclic amines) is 1. The molecule has 1 spiro atoms. The molecule has 2 saturated heterocycles. The summed E-state index contributed by atoms with van der Waals surface area (Å²) in [5.74, 6) is 0.502. The van der Waals surface area contributed by atoms with Crippen molar-refractivity contribution in [2.45, 2.75) is 83.5 Å². The average Bonchev–Trinajstić information content (AvgIpc) is 3.14. The van der Waals surface area contributed by atoms with Crippen LogP contribution in [0.1, 0.15) is 68.7 Å². The van der Waals surface area contributed by atoms with E-state index in [2.05, 4.69) is 23.2 Å². The van der Waals surface area contributed by atoms with Crippen LogP contribution in [0.5, 0.6) is 0 Å². The summed E-state index contributed by atoms with van der Waals surface area (Å²) >= 11 is 2.00. The highest BCUT2D eigenvalue weighted by molar-refractivity contribution is 7.12. The summed E-state index contributed by atoms with van der Waals surface area (Å²) in [6, 6.07) is 2.28. The number of ether oxygens (including phenoxy) is 2. The molecule has 0 saturated carbocycles. The van der Waals surface area contributed by atoms with Crippen molar-refractivity contribution < 1.29 is 14.3 Å². The summed E-state index contributed by atoms with van der Waals surface area (Å²) in [6.45, 7) is 13.1. The van der Waals surface area contributed by atoms with Crippen molar-refractivity contribution in [2.24, 2.45) is 5.92 Å². The van der Waals surface area contributed by atoms with E-state index in [-0.39, 0.29) is 17.6 Å². The van der Waals surface area contributed by atoms with Crippen LogP contribution in [0.25, 0.3) is 0 Å². The summed E-state index contributed by atoms with van der Waals surface area (Å²) in [6.07, 6.45) is 6.36. The summed E-state index contributed by atoms with van der Waals surface area (Å²) < 4.78 is 12.0. The van der Waals surface area contributed by atoms with Crippen molar-refractivity contribution >= 4 is 17.3 Å². The lowest BCUT2D eigenvalue weighted by atomic mass is 9.81. The summed E-state index contributed by atoms with van der Waals surface area (Å²) in [4.78, 5) is 18.0. The number of carbonyl (C=O) groups is 1. The van der Waals surface area contributed by atoms with Gasteiger partial charge in [-0.15, -0.1) is 11.3 Å². The molecule has 30 heavy (non-hydrogen) atoms. The second-order valence-electron chi connectivity index (χ2n) is 10.2. The maximum atomic E-state index is 12.3. The quantitative estimate of drug-likeness (QED) is 0.729. The molecule has 4 heterocycles. The van der Waals surface area contributed by atoms with Crippen LogP contribution in [0.4, 0.5) is 0 Å². The van der Waals surface area contributed by atoms with Gasteiger partial charge in [0.1, 0.15) is 11.6 Å². The normalized spacial score (nSPS) is 27.1. The van der Waals surface area contributed by atoms with E-state index in [1.165, 1.54) is 10.4 Å². The number of thiophene rings is 1. The van der Waals surface area contributed by atoms with Crippen LogP contribution >= 0.6 is 11.3 Å². The van der Waals surface area contributed by atoms with E-state index in [1.807, 2.05) is 32.1 Å². The third-order valence-electron chi connectivity index (χ3n) is 6.79. The zero-order chi connectivity index (χ0) is 21.4. The molecule has 3 aliphatic heterocycles. The van der Waals surface area contributed by atoms with Gasteiger partial charge in [0.25, 0.3) is 0 Å². The highest BCUT2D eigenvalue weighted by Crippen LogP contribution is 2.44. The highest BCUT2D eigenvalue weighted by atomic mass is 32.1. The van der Waals surface area contributed by atoms with Crippen molar-refractivity contribution in [1.29, 1.82) is 0 Å². The Bertz CT molecular complexity index is 738. The monoisotopic (exact) mass is 434 g/mol. The van der Waals surface area contributed by atoms with Crippen LogP contribution in [-0.4, -0.2) is 55.3 Å². The van der Waals surface area contributed by atoms with Gasteiger partial charge in [-0.3, -0.25) is 4.79 Å². The molecule has 0 radical (unpaired) electrons. The summed E-state index contributed by atoms with van der Waals surface area (Å²) in [5, 5.41) is 3.44. The van der Waals surface area contributed by atoms with Crippen LogP contribution in [0.3, 0.4) is 0 Å². The number of fused-ring (bicyclic) bond motifs is 2. The molecule has 6 heteroatoms. The van der Waals surface area contributed by atoms with Gasteiger partial charge in [-0.25, -0.2) is 0 Å². The SMILES string of the molecule is CCc1cc2c(s1)CCOC21CCN(CC2CCC(C(=O)OC(C)(C)C)NC2)CC1. The van der Waals surface area contributed by atoms with Crippen LogP contribution < -0.4 is 5.32 Å². The van der Waals surface area contributed by atoms with Crippen molar-refractivity contribution in [2.75, 3.05) is 32.8 Å². The van der Waals surface area contributed by atoms with E-state index in [0.717, 1.165) is 71.3 Å². The largest absolute Gasteiger partial charge is 0.459 e. The number of esters is 1. The number of nitrogens with zero attached hydrogens (tertiary/aromatic N) is 1. The zero-order valence-electron chi connectivity index (χ0n) is 19.1. The smallest absolute Gasteiger partial charge is 0.323 e. The zero-order valence-corrected chi connectivity index (χ0v) is 19.9. The van der Waals surface area contributed by atoms with Gasteiger partial charge in [0.05, 0.1) is 12.2 Å². The van der Waals surface area contributed by atoms with Crippen LogP contribution in [0, 0.1) is 5.92 Å². The van der Waals surface area contributed by atoms with Gasteiger partial charge >= 0.3 is 5.97 Å². The van der Waals surface area contributed by atoms with E-state index in [9.17, 15) is 4.79 Å². The number of carbonyl (C=O) groups excluding carboxylic acids is 1. The molecule has 1 N–H and O–H groups in total. The topological polar surface area (TPSA) is 50.8 Å². The van der Waals surface area contributed by atoms with Gasteiger partial charge in [0.2, 0.25) is 0 Å². The number of nitrogens with one attached hydrogen (secondary N) is 1. The summed E-state index contributed by atoms with van der Waals surface area (Å²) in [7, 11) is 0. The van der Waals surface area contributed by atoms with E-state index in [4.69, 9.17) is 9.47 Å². The third-order valence-corrected chi connectivity index (χ3v) is 8.13. The minimum absolute atomic E-state index is 0.0410. The molecule has 4 rings (SSSR count). The second-order valence-corrected chi connectivity index (χ2v) is 11.5. The van der Waals surface area contributed by atoms with Crippen molar-refractivity contribution in [3.63, 3.8) is 0 Å². The van der Waals surface area contributed by atoms with Gasteiger partial charge in [-0.2, -0.15) is 0 Å². The first-order valence-electron chi connectivity index (χ1n) is 11.7. The fourth-order valence-electron chi connectivity index (χ4n) is 5.17. The standard InChI is InChI=1S/C24H38N2O3S/c1-5-18-14-19-21(30-18)8-13-28-24(19)9-11-26(12-10-24)16-17-6-7-20(25-15-17)22(27)29-23(2,3)4/h14,17,20,25H,5-13,15-16H2,1-4H3. The van der Waals surface area contributed by atoms with E-state index >= 15 is 0 Å². The van der Waals surface area contributed by atoms with Crippen LogP contribution in [0.15, 0.2) is 6.07 Å². The van der Waals surface area contributed by atoms with Crippen LogP contribution in [0.2, 0.25) is 0 Å². The lowest BCUT2D eigenvalue weighted by molar-refractivity contribution is -0.158. The lowest BCUT2D eigenvalue weighted by Crippen LogP contribution is -2.51. The molecule has 0 aromatic carbocycles. The first-order chi connectivity index (χ1) is 14.3. The molecule has 3 aliphatic rings. The van der Waals surface area contributed by atoms with Crippen molar-refractivity contribution in [1.82, 2.24) is 10.2 Å². The second kappa shape index (κ2) is 8.89. The molecular formula is C24H38N2O3S. The molecule has 0 amide bonds. The summed E-state index contributed by atoms with van der Waals surface area (Å²) in [5.41, 5.74) is 1.04. The number of piperidine rings is 2. The predicted molar refractivity (Wildman–Crippen MR) is 121 cm³/mol. The van der Waals surface area contributed by atoms with Crippen LogP contribution in [-0.2, 0) is 32.7 Å². The minimum Gasteiger partial charge on any atom is -0.459 e. The molecule has 2 fully saturated rings. The molecule has 2 atom stereocenters. The Morgan fingerprint density at radius 1 is 1.33 bits per heavy atom. The van der Waals surface area contributed by atoms with E-state index in [1.54, 1.807) is 4.88 Å². The fourth-order valence-corrected chi connectivity index (χ4v) is 6.35. The Kier molecular flexibility index (Phi) is 6.59. The van der Waals surface area contributed by atoms with Crippen molar-refractivity contribution in [3.05, 3.63) is 21.4 Å². The number of rotatable bonds is 4. The predicted octanol–water partition coefficient (Wildman–Crippen LogP) is 3.88. The Balaban J connectivity index is 1.27. The maximum absolute atomic E-state index is 12.3. The van der Waals surface area contributed by atoms with E-state index in [0.29, 0.717) is 5.92 Å². The Morgan fingerprint density at radius 2 is 2.10 bits per heavy atom. The highest BCUT2D eigenvalue weighted by Gasteiger charge is 2.42. The lowest BCUT2D eigenvalue weighted by Gasteiger charge is -2.45. The molecule has 0 bridgehead atoms. The molecule has 1 aromatic heterocycles. The van der Waals surface area contributed by atoms with Gasteiger partial charge < -0.3 is 19.7 Å². The van der Waals surface area contributed by atoms with Gasteiger partial charge in [-0.1, -0.05) is 6.92 Å². The minimum atomic E-state index is -0.416. The Morgan fingerprint density at radius 3 is 2.73 bits per heavy atom. The first-order valence-corrected chi connectivity index (χ1v) is 12.5. The van der Waals surface area contributed by atoms with E-state index < -0.39 is 5.60 Å². The Hall–Kier alpha value is -0.950. The molecule has 5 nitrogen and oxygen atoms in total. The third kappa shape index (κ3) is 4.93. The maximum Gasteiger partial charge on any atom is 0.323 e. The number of aryl methyl sites for hydroxylation is 1. The molecule has 168 valence electrons. The van der Waals surface area contributed by atoms with Gasteiger partial charge in [-0.05, 0) is 77.0 Å². The first kappa shape index (κ1) is 22.3. The number of hydrogen-bond acceptors (Lipinski definition) is 6. The molecular weight excluding hydrogens is 396 g/mol. The van der Waals surface area contributed by atoms with Crippen molar-refractivity contribution in [3.8, 4) is 0 Å². The Labute approximate surface area is 185 Å². The number of hydrogen-bond donors (Lipinski definition) is 1. The molecule has 1 aromatic rings. The molecule has 0 aliphatic carbocycles. The van der Waals surface area contributed by atoms with Gasteiger partial charge in [0.15, 0.2) is 0 Å². The average molecular weight is 435 g/mol. The van der Waals surface area contributed by atoms with Gasteiger partial charge in [0, 0.05) is 35.8 Å².